The van der Waals surface area contributed by atoms with Crippen LogP contribution in [0.2, 0.25) is 0 Å². The molecule has 124 valence electrons. The first-order chi connectivity index (χ1) is 10.8. The zero-order chi connectivity index (χ0) is 16.8. The van der Waals surface area contributed by atoms with Crippen LogP contribution in [-0.2, 0) is 0 Å². The summed E-state index contributed by atoms with van der Waals surface area (Å²) >= 11 is 0. The molecule has 2 aromatic heterocycles. The van der Waals surface area contributed by atoms with Crippen molar-refractivity contribution < 1.29 is 9.32 Å². The Labute approximate surface area is 136 Å². The number of likely N-dealkylation sites (tertiary alicyclic amines) is 1. The molecule has 2 aromatic rings. The monoisotopic (exact) mass is 316 g/mol. The molecule has 0 bridgehead atoms. The second-order valence-corrected chi connectivity index (χ2v) is 7.19. The van der Waals surface area contributed by atoms with E-state index in [1.165, 1.54) is 0 Å². The maximum Gasteiger partial charge on any atom is 0.259 e. The van der Waals surface area contributed by atoms with Gasteiger partial charge in [-0.25, -0.2) is 4.98 Å². The molecule has 1 fully saturated rings. The first kappa shape index (κ1) is 15.9. The first-order valence-electron chi connectivity index (χ1n) is 8.11. The number of rotatable bonds is 3. The average molecular weight is 316 g/mol. The Morgan fingerprint density at radius 3 is 2.87 bits per heavy atom. The van der Waals surface area contributed by atoms with E-state index in [9.17, 15) is 4.79 Å². The fraction of sp³-hybridized carbons (Fsp3) is 0.588. The van der Waals surface area contributed by atoms with Crippen LogP contribution in [0.1, 0.15) is 54.9 Å². The van der Waals surface area contributed by atoms with Crippen LogP contribution in [-0.4, -0.2) is 40.6 Å². The molecule has 23 heavy (non-hydrogen) atoms. The Kier molecular flexibility index (Phi) is 3.88. The highest BCUT2D eigenvalue weighted by molar-refractivity contribution is 6.06. The van der Waals surface area contributed by atoms with Crippen LogP contribution in [0.5, 0.6) is 0 Å². The molecular weight excluding hydrogens is 292 g/mol. The highest BCUT2D eigenvalue weighted by Gasteiger charge is 2.36. The van der Waals surface area contributed by atoms with Gasteiger partial charge in [0.15, 0.2) is 0 Å². The third-order valence-electron chi connectivity index (χ3n) is 4.80. The van der Waals surface area contributed by atoms with Crippen molar-refractivity contribution in [2.75, 3.05) is 19.6 Å². The van der Waals surface area contributed by atoms with Gasteiger partial charge >= 0.3 is 0 Å². The molecule has 1 amide bonds. The van der Waals surface area contributed by atoms with Gasteiger partial charge in [-0.3, -0.25) is 4.79 Å². The molecule has 0 aliphatic carbocycles. The van der Waals surface area contributed by atoms with Crippen LogP contribution in [0.3, 0.4) is 0 Å². The zero-order valence-electron chi connectivity index (χ0n) is 14.2. The van der Waals surface area contributed by atoms with E-state index in [-0.39, 0.29) is 17.2 Å². The van der Waals surface area contributed by atoms with Crippen LogP contribution in [0.25, 0.3) is 11.1 Å². The van der Waals surface area contributed by atoms with Crippen LogP contribution in [0, 0.1) is 12.3 Å². The second kappa shape index (κ2) is 5.60. The second-order valence-electron chi connectivity index (χ2n) is 7.19. The van der Waals surface area contributed by atoms with Gasteiger partial charge in [0.2, 0.25) is 0 Å². The van der Waals surface area contributed by atoms with Gasteiger partial charge in [0.1, 0.15) is 0 Å². The number of aryl methyl sites for hydroxylation is 1. The Hall–Kier alpha value is -1.95. The highest BCUT2D eigenvalue weighted by Crippen LogP contribution is 2.32. The average Bonchev–Trinajstić information content (AvgIpc) is 3.10. The minimum absolute atomic E-state index is 0.00632. The number of carbonyl (C=O) groups excluding carboxylic acids is 1. The van der Waals surface area contributed by atoms with E-state index in [0.29, 0.717) is 30.1 Å². The minimum atomic E-state index is 0.00632. The summed E-state index contributed by atoms with van der Waals surface area (Å²) in [5.41, 5.74) is 8.49. The topological polar surface area (TPSA) is 85.2 Å². The molecule has 1 aliphatic rings. The SMILES string of the molecule is Cc1noc2nc(C(C)C)cc(C(=O)N3CCC(C)(CN)C3)c12. The van der Waals surface area contributed by atoms with E-state index in [0.717, 1.165) is 24.0 Å². The third-order valence-corrected chi connectivity index (χ3v) is 4.80. The molecule has 6 nitrogen and oxygen atoms in total. The number of nitrogens with zero attached hydrogens (tertiary/aromatic N) is 3. The van der Waals surface area contributed by atoms with Crippen LogP contribution < -0.4 is 5.73 Å². The summed E-state index contributed by atoms with van der Waals surface area (Å²) < 4.78 is 5.30. The Bertz CT molecular complexity index is 752. The summed E-state index contributed by atoms with van der Waals surface area (Å²) in [7, 11) is 0. The molecule has 1 unspecified atom stereocenters. The molecule has 3 heterocycles. The van der Waals surface area contributed by atoms with E-state index in [2.05, 4.69) is 17.1 Å². The van der Waals surface area contributed by atoms with E-state index in [4.69, 9.17) is 10.3 Å². The van der Waals surface area contributed by atoms with Crippen molar-refractivity contribution in [3.8, 4) is 0 Å². The number of hydrogen-bond donors (Lipinski definition) is 1. The van der Waals surface area contributed by atoms with Crippen molar-refractivity contribution in [2.24, 2.45) is 11.1 Å². The van der Waals surface area contributed by atoms with Gasteiger partial charge in [-0.1, -0.05) is 25.9 Å². The number of nitrogens with two attached hydrogens (primary N) is 1. The van der Waals surface area contributed by atoms with Gasteiger partial charge in [-0.2, -0.15) is 0 Å². The van der Waals surface area contributed by atoms with Gasteiger partial charge in [-0.05, 0) is 37.3 Å². The van der Waals surface area contributed by atoms with Gasteiger partial charge in [0.25, 0.3) is 11.6 Å². The predicted octanol–water partition coefficient (Wildman–Crippen LogP) is 2.47. The molecule has 0 radical (unpaired) electrons. The summed E-state index contributed by atoms with van der Waals surface area (Å²) in [6, 6.07) is 1.89. The molecule has 1 atom stereocenters. The van der Waals surface area contributed by atoms with E-state index in [1.54, 1.807) is 0 Å². The fourth-order valence-electron chi connectivity index (χ4n) is 3.11. The molecule has 0 saturated carbocycles. The molecule has 1 saturated heterocycles. The maximum atomic E-state index is 13.1. The molecule has 1 aliphatic heterocycles. The van der Waals surface area contributed by atoms with Crippen molar-refractivity contribution in [2.45, 2.75) is 40.0 Å². The normalized spacial score (nSPS) is 21.6. The van der Waals surface area contributed by atoms with E-state index >= 15 is 0 Å². The quantitative estimate of drug-likeness (QED) is 0.940. The Balaban J connectivity index is 2.04. The van der Waals surface area contributed by atoms with E-state index in [1.807, 2.05) is 31.7 Å². The molecule has 6 heteroatoms. The predicted molar refractivity (Wildman–Crippen MR) is 88.3 cm³/mol. The van der Waals surface area contributed by atoms with Crippen LogP contribution in [0.4, 0.5) is 0 Å². The maximum absolute atomic E-state index is 13.1. The van der Waals surface area contributed by atoms with Crippen LogP contribution in [0.15, 0.2) is 10.6 Å². The lowest BCUT2D eigenvalue weighted by Gasteiger charge is -2.23. The lowest BCUT2D eigenvalue weighted by molar-refractivity contribution is 0.0778. The smallest absolute Gasteiger partial charge is 0.259 e. The number of carbonyl (C=O) groups is 1. The molecule has 0 aromatic carbocycles. The summed E-state index contributed by atoms with van der Waals surface area (Å²) in [5.74, 6) is 0.229. The van der Waals surface area contributed by atoms with Crippen LogP contribution >= 0.6 is 0 Å². The summed E-state index contributed by atoms with van der Waals surface area (Å²) in [5, 5.41) is 4.71. The van der Waals surface area contributed by atoms with Gasteiger partial charge in [0.05, 0.1) is 16.6 Å². The van der Waals surface area contributed by atoms with Gasteiger partial charge < -0.3 is 15.2 Å². The van der Waals surface area contributed by atoms with Crippen molar-refractivity contribution in [3.05, 3.63) is 23.0 Å². The molecular formula is C17H24N4O2. The first-order valence-corrected chi connectivity index (χ1v) is 8.11. The lowest BCUT2D eigenvalue weighted by Crippen LogP contribution is -2.34. The number of aromatic nitrogens is 2. The van der Waals surface area contributed by atoms with E-state index < -0.39 is 0 Å². The minimum Gasteiger partial charge on any atom is -0.338 e. The summed E-state index contributed by atoms with van der Waals surface area (Å²) in [6.45, 7) is 10.1. The molecule has 2 N–H and O–H groups in total. The largest absolute Gasteiger partial charge is 0.338 e. The lowest BCUT2D eigenvalue weighted by atomic mass is 9.90. The third kappa shape index (κ3) is 2.72. The van der Waals surface area contributed by atoms with Gasteiger partial charge in [-0.15, -0.1) is 0 Å². The zero-order valence-corrected chi connectivity index (χ0v) is 14.2. The number of pyridine rings is 1. The molecule has 3 rings (SSSR count). The van der Waals surface area contributed by atoms with Gasteiger partial charge in [0, 0.05) is 18.8 Å². The fourth-order valence-corrected chi connectivity index (χ4v) is 3.11. The number of amides is 1. The number of hydrogen-bond acceptors (Lipinski definition) is 5. The van der Waals surface area contributed by atoms with Crippen molar-refractivity contribution in [3.63, 3.8) is 0 Å². The van der Waals surface area contributed by atoms with Crippen molar-refractivity contribution in [1.29, 1.82) is 0 Å². The Morgan fingerprint density at radius 1 is 1.52 bits per heavy atom. The highest BCUT2D eigenvalue weighted by atomic mass is 16.5. The number of fused-ring (bicyclic) bond motifs is 1. The van der Waals surface area contributed by atoms with Crippen molar-refractivity contribution >= 4 is 17.0 Å². The Morgan fingerprint density at radius 2 is 2.26 bits per heavy atom. The van der Waals surface area contributed by atoms with Crippen molar-refractivity contribution in [1.82, 2.24) is 15.0 Å². The summed E-state index contributed by atoms with van der Waals surface area (Å²) in [4.78, 5) is 19.5. The standard InChI is InChI=1S/C17H24N4O2/c1-10(2)13-7-12(14-11(3)20-23-15(14)19-13)16(22)21-6-5-17(4,8-18)9-21/h7,10H,5-6,8-9,18H2,1-4H3. The summed E-state index contributed by atoms with van der Waals surface area (Å²) in [6.07, 6.45) is 0.934. The molecule has 0 spiro atoms.